The van der Waals surface area contributed by atoms with Gasteiger partial charge >= 0.3 is 143 Å². The molecule has 0 rings (SSSR count). The molecule has 22 heavy (non-hydrogen) atoms. The second-order valence-corrected chi connectivity index (χ2v) is 12.8. The Labute approximate surface area is 143 Å². The van der Waals surface area contributed by atoms with Crippen molar-refractivity contribution >= 4 is 7.26 Å². The Morgan fingerprint density at radius 3 is 1.18 bits per heavy atom. The van der Waals surface area contributed by atoms with Crippen molar-refractivity contribution in [1.82, 2.24) is 0 Å². The minimum atomic E-state index is -0.925. The van der Waals surface area contributed by atoms with Crippen molar-refractivity contribution in [3.05, 3.63) is 0 Å². The predicted molar refractivity (Wildman–Crippen MR) is 111 cm³/mol. The van der Waals surface area contributed by atoms with Crippen LogP contribution in [0, 0.1) is 0 Å². The number of hydrogen-bond acceptors (Lipinski definition) is 0. The van der Waals surface area contributed by atoms with Crippen LogP contribution in [0.2, 0.25) is 0 Å². The molecule has 136 valence electrons. The van der Waals surface area contributed by atoms with Gasteiger partial charge in [-0.25, -0.2) is 0 Å². The fourth-order valence-electron chi connectivity index (χ4n) is 3.86. The summed E-state index contributed by atoms with van der Waals surface area (Å²) < 4.78 is 0. The topological polar surface area (TPSA) is 0 Å². The van der Waals surface area contributed by atoms with Gasteiger partial charge in [0.15, 0.2) is 0 Å². The summed E-state index contributed by atoms with van der Waals surface area (Å²) in [5, 5.41) is 0. The zero-order chi connectivity index (χ0) is 16.5. The van der Waals surface area contributed by atoms with Crippen LogP contribution in [0.3, 0.4) is 0 Å². The quantitative estimate of drug-likeness (QED) is 0.188. The van der Waals surface area contributed by atoms with Crippen LogP contribution >= 0.6 is 7.26 Å². The summed E-state index contributed by atoms with van der Waals surface area (Å²) in [6, 6.07) is 0. The molecule has 0 aromatic rings. The van der Waals surface area contributed by atoms with Crippen molar-refractivity contribution in [1.29, 1.82) is 0 Å². The third kappa shape index (κ3) is 11.9. The molecule has 0 aromatic heterocycles. The Bertz CT molecular complexity index is 214. The van der Waals surface area contributed by atoms with E-state index in [0.717, 1.165) is 0 Å². The molecule has 0 aliphatic rings. The van der Waals surface area contributed by atoms with E-state index in [-0.39, 0.29) is 0 Å². The van der Waals surface area contributed by atoms with E-state index in [1.54, 1.807) is 31.1 Å². The van der Waals surface area contributed by atoms with Crippen LogP contribution in [0.1, 0.15) is 111 Å². The zero-order valence-electron chi connectivity index (χ0n) is 16.5. The average Bonchev–Trinajstić information content (AvgIpc) is 2.54. The van der Waals surface area contributed by atoms with Gasteiger partial charge < -0.3 is 0 Å². The molecule has 0 amide bonds. The first-order valence-electron chi connectivity index (χ1n) is 10.7. The van der Waals surface area contributed by atoms with Gasteiger partial charge in [-0.2, -0.15) is 0 Å². The van der Waals surface area contributed by atoms with Gasteiger partial charge in [0.1, 0.15) is 0 Å². The van der Waals surface area contributed by atoms with E-state index in [0.29, 0.717) is 0 Å². The van der Waals surface area contributed by atoms with Crippen LogP contribution in [-0.2, 0) is 0 Å². The van der Waals surface area contributed by atoms with E-state index in [1.165, 1.54) is 77.0 Å². The summed E-state index contributed by atoms with van der Waals surface area (Å²) in [4.78, 5) is 0. The van der Waals surface area contributed by atoms with Crippen LogP contribution in [0.5, 0.6) is 0 Å². The molecule has 0 bridgehead atoms. The molecule has 0 atom stereocenters. The molecular formula is C21H47P. The van der Waals surface area contributed by atoms with E-state index in [4.69, 9.17) is 0 Å². The summed E-state index contributed by atoms with van der Waals surface area (Å²) >= 11 is 0. The standard InChI is InChI=1S/C21H47P/c1-5-9-12-14-15-18-21-22(8-4,19-16-11-7-3)20-17-13-10-6-2/h22H,5-21H2,1-4H3. The van der Waals surface area contributed by atoms with Gasteiger partial charge in [0.05, 0.1) is 0 Å². The van der Waals surface area contributed by atoms with Crippen molar-refractivity contribution in [3.8, 4) is 0 Å². The molecule has 0 aromatic carbocycles. The van der Waals surface area contributed by atoms with E-state index < -0.39 is 7.26 Å². The Morgan fingerprint density at radius 1 is 0.409 bits per heavy atom. The molecule has 0 aliphatic carbocycles. The third-order valence-electron chi connectivity index (χ3n) is 5.68. The van der Waals surface area contributed by atoms with E-state index >= 15 is 0 Å². The van der Waals surface area contributed by atoms with Crippen molar-refractivity contribution < 1.29 is 0 Å². The second-order valence-electron chi connectivity index (χ2n) is 7.64. The van der Waals surface area contributed by atoms with Crippen LogP contribution < -0.4 is 0 Å². The molecule has 1 heteroatoms. The summed E-state index contributed by atoms with van der Waals surface area (Å²) in [5.74, 6) is 0. The monoisotopic (exact) mass is 330 g/mol. The maximum atomic E-state index is 2.52. The fraction of sp³-hybridized carbons (Fsp3) is 1.00. The summed E-state index contributed by atoms with van der Waals surface area (Å²) in [6.07, 6.45) is 25.6. The molecule has 0 saturated carbocycles. The van der Waals surface area contributed by atoms with Crippen LogP contribution in [0.15, 0.2) is 0 Å². The molecule has 0 heterocycles. The van der Waals surface area contributed by atoms with Crippen molar-refractivity contribution in [2.24, 2.45) is 0 Å². The van der Waals surface area contributed by atoms with Gasteiger partial charge in [-0.3, -0.25) is 0 Å². The molecule has 0 nitrogen and oxygen atoms in total. The number of hydrogen-bond donors (Lipinski definition) is 0. The predicted octanol–water partition coefficient (Wildman–Crippen LogP) is 7.89. The van der Waals surface area contributed by atoms with Gasteiger partial charge in [0.25, 0.3) is 0 Å². The summed E-state index contributed by atoms with van der Waals surface area (Å²) in [6.45, 7) is 9.53. The van der Waals surface area contributed by atoms with Crippen LogP contribution in [-0.4, -0.2) is 24.6 Å². The Morgan fingerprint density at radius 2 is 0.727 bits per heavy atom. The molecule has 0 fully saturated rings. The normalized spacial score (nSPS) is 12.7. The van der Waals surface area contributed by atoms with Crippen LogP contribution in [0.25, 0.3) is 0 Å². The molecular weight excluding hydrogens is 283 g/mol. The number of unbranched alkanes of at least 4 members (excludes halogenated alkanes) is 10. The summed E-state index contributed by atoms with van der Waals surface area (Å²) in [7, 11) is -0.925. The van der Waals surface area contributed by atoms with Gasteiger partial charge in [0, 0.05) is 0 Å². The molecule has 0 spiro atoms. The van der Waals surface area contributed by atoms with Crippen molar-refractivity contribution in [2.75, 3.05) is 24.6 Å². The minimum absolute atomic E-state index is 0.925. The van der Waals surface area contributed by atoms with Gasteiger partial charge in [-0.1, -0.05) is 0 Å². The van der Waals surface area contributed by atoms with Gasteiger partial charge in [-0.05, 0) is 0 Å². The number of rotatable bonds is 17. The molecule has 0 N–H and O–H groups in total. The summed E-state index contributed by atoms with van der Waals surface area (Å²) in [5.41, 5.74) is 0. The first-order chi connectivity index (χ1) is 10.7. The van der Waals surface area contributed by atoms with Gasteiger partial charge in [-0.15, -0.1) is 0 Å². The van der Waals surface area contributed by atoms with E-state index in [9.17, 15) is 0 Å². The zero-order valence-corrected chi connectivity index (χ0v) is 17.5. The molecule has 0 saturated heterocycles. The first kappa shape index (κ1) is 22.4. The first-order valence-corrected chi connectivity index (χ1v) is 13.6. The Kier molecular flexibility index (Phi) is 16.6. The maximum absolute atomic E-state index is 2.52. The van der Waals surface area contributed by atoms with E-state index in [2.05, 4.69) is 27.7 Å². The van der Waals surface area contributed by atoms with Crippen LogP contribution in [0.4, 0.5) is 0 Å². The Hall–Kier alpha value is 0.430. The Balaban J connectivity index is 4.15. The van der Waals surface area contributed by atoms with Gasteiger partial charge in [0.2, 0.25) is 0 Å². The molecule has 0 aliphatic heterocycles. The van der Waals surface area contributed by atoms with Crippen molar-refractivity contribution in [2.45, 2.75) is 111 Å². The molecule has 0 unspecified atom stereocenters. The fourth-order valence-corrected chi connectivity index (χ4v) is 8.67. The average molecular weight is 331 g/mol. The van der Waals surface area contributed by atoms with E-state index in [1.807, 2.05) is 0 Å². The van der Waals surface area contributed by atoms with Crippen molar-refractivity contribution in [3.63, 3.8) is 0 Å². The second kappa shape index (κ2) is 16.3. The molecule has 0 radical (unpaired) electrons. The third-order valence-corrected chi connectivity index (χ3v) is 11.4. The SMILES string of the molecule is CCCCCCCC[PH](CC)(CCCCC)CCCCCC.